The highest BCUT2D eigenvalue weighted by atomic mass is 16.5. The zero-order valence-electron chi connectivity index (χ0n) is 28.1. The van der Waals surface area contributed by atoms with E-state index in [-0.39, 0.29) is 0 Å². The maximum Gasteiger partial charge on any atom is 0.151 e. The van der Waals surface area contributed by atoms with E-state index in [4.69, 9.17) is 4.74 Å². The molecule has 0 fully saturated rings. The highest BCUT2D eigenvalue weighted by Crippen LogP contribution is 2.64. The number of rotatable bonds is 2. The van der Waals surface area contributed by atoms with E-state index in [2.05, 4.69) is 167 Å². The van der Waals surface area contributed by atoms with E-state index in [1.165, 1.54) is 66.3 Å². The number of benzene rings is 8. The fourth-order valence-electron chi connectivity index (χ4n) is 9.66. The van der Waals surface area contributed by atoms with Gasteiger partial charge in [0.15, 0.2) is 11.5 Å². The summed E-state index contributed by atoms with van der Waals surface area (Å²) in [4.78, 5) is 2.33. The van der Waals surface area contributed by atoms with E-state index >= 15 is 0 Å². The molecular weight excluding hydrogens is 633 g/mol. The molecule has 0 saturated heterocycles. The first-order valence-corrected chi connectivity index (χ1v) is 17.9. The van der Waals surface area contributed by atoms with Gasteiger partial charge in [0, 0.05) is 27.7 Å². The lowest BCUT2D eigenvalue weighted by Gasteiger charge is -2.33. The second-order valence-electron chi connectivity index (χ2n) is 14.0. The highest BCUT2D eigenvalue weighted by Gasteiger charge is 2.53. The monoisotopic (exact) mass is 662 g/mol. The second kappa shape index (κ2) is 10.1. The van der Waals surface area contributed by atoms with Crippen LogP contribution in [0.15, 0.2) is 182 Å². The van der Waals surface area contributed by atoms with Gasteiger partial charge < -0.3 is 14.2 Å². The average molecular weight is 663 g/mol. The van der Waals surface area contributed by atoms with Crippen molar-refractivity contribution in [2.24, 2.45) is 0 Å². The minimum Gasteiger partial charge on any atom is -0.453 e. The van der Waals surface area contributed by atoms with Crippen LogP contribution in [0.1, 0.15) is 22.3 Å². The molecule has 8 aromatic carbocycles. The third-order valence-electron chi connectivity index (χ3n) is 11.6. The van der Waals surface area contributed by atoms with Gasteiger partial charge in [0.2, 0.25) is 0 Å². The molecule has 9 aromatic rings. The van der Waals surface area contributed by atoms with Gasteiger partial charge in [-0.2, -0.15) is 0 Å². The predicted molar refractivity (Wildman–Crippen MR) is 212 cm³/mol. The van der Waals surface area contributed by atoms with Gasteiger partial charge in [0.25, 0.3) is 0 Å². The van der Waals surface area contributed by atoms with Crippen LogP contribution in [0.4, 0.5) is 17.1 Å². The molecular formula is C49H30N2O. The van der Waals surface area contributed by atoms with Crippen LogP contribution in [0, 0.1) is 0 Å². The summed E-state index contributed by atoms with van der Waals surface area (Å²) in [7, 11) is 0. The Hall–Kier alpha value is -6.84. The molecule has 0 atom stereocenters. The molecule has 1 aromatic heterocycles. The molecule has 12 rings (SSSR count). The molecule has 1 aliphatic heterocycles. The van der Waals surface area contributed by atoms with Gasteiger partial charge in [-0.05, 0) is 87.5 Å². The maximum atomic E-state index is 6.39. The molecule has 1 spiro atoms. The summed E-state index contributed by atoms with van der Waals surface area (Å²) in [5.41, 5.74) is 16.8. The summed E-state index contributed by atoms with van der Waals surface area (Å²) in [6, 6.07) is 66.5. The summed E-state index contributed by atoms with van der Waals surface area (Å²) in [5.74, 6) is 1.69. The molecule has 0 amide bonds. The molecule has 3 aliphatic rings. The van der Waals surface area contributed by atoms with Gasteiger partial charge in [-0.25, -0.2) is 0 Å². The number of aromatic nitrogens is 1. The van der Waals surface area contributed by atoms with Gasteiger partial charge in [0.1, 0.15) is 0 Å². The van der Waals surface area contributed by atoms with Crippen LogP contribution < -0.4 is 9.64 Å². The van der Waals surface area contributed by atoms with Gasteiger partial charge in [-0.15, -0.1) is 0 Å². The largest absolute Gasteiger partial charge is 0.453 e. The SMILES string of the molecule is c1cc(N2c3ccccc3Oc3ccccc32)cc(-n2c3ccccc3c3ccc4c(c32)C2(c3ccccc3-c3ccccc32)c2ccccc2-4)c1. The summed E-state index contributed by atoms with van der Waals surface area (Å²) in [6.07, 6.45) is 0. The van der Waals surface area contributed by atoms with Gasteiger partial charge >= 0.3 is 0 Å². The number of hydrogen-bond donors (Lipinski definition) is 0. The maximum absolute atomic E-state index is 6.39. The van der Waals surface area contributed by atoms with E-state index in [1.54, 1.807) is 0 Å². The lowest BCUT2D eigenvalue weighted by molar-refractivity contribution is 0.477. The molecule has 3 heteroatoms. The zero-order valence-corrected chi connectivity index (χ0v) is 28.1. The first-order chi connectivity index (χ1) is 25.8. The van der Waals surface area contributed by atoms with Crippen LogP contribution in [-0.4, -0.2) is 4.57 Å². The first-order valence-electron chi connectivity index (χ1n) is 17.9. The number of para-hydroxylation sites is 5. The van der Waals surface area contributed by atoms with Gasteiger partial charge in [-0.1, -0.05) is 133 Å². The molecule has 0 radical (unpaired) electrons. The van der Waals surface area contributed by atoms with Crippen LogP contribution >= 0.6 is 0 Å². The Labute approximate surface area is 301 Å². The number of ether oxygens (including phenoxy) is 1. The molecule has 52 heavy (non-hydrogen) atoms. The minimum absolute atomic E-state index is 0.468. The van der Waals surface area contributed by atoms with E-state index in [1.807, 2.05) is 24.3 Å². The van der Waals surface area contributed by atoms with Crippen molar-refractivity contribution in [3.05, 3.63) is 204 Å². The molecule has 0 unspecified atom stereocenters. The van der Waals surface area contributed by atoms with Crippen LogP contribution in [0.2, 0.25) is 0 Å². The Kier molecular flexibility index (Phi) is 5.43. The van der Waals surface area contributed by atoms with Crippen LogP contribution in [0.25, 0.3) is 49.7 Å². The molecule has 0 bridgehead atoms. The molecule has 242 valence electrons. The number of nitrogens with zero attached hydrogens (tertiary/aromatic N) is 2. The standard InChI is InChI=1S/C49H30N2O/c1-5-20-39-33(16-1)34-17-2-6-21-40(34)49(39)41-22-7-3-18-35(41)37-28-29-38-36-19-4-8-23-42(36)51(48(38)47(37)49)32-15-13-14-31(30-32)50-43-24-9-11-26-45(43)52-46-27-12-10-25-44(46)50/h1-30H. The molecule has 2 heterocycles. The van der Waals surface area contributed by atoms with Crippen molar-refractivity contribution < 1.29 is 4.74 Å². The quantitative estimate of drug-likeness (QED) is 0.183. The average Bonchev–Trinajstić information content (AvgIpc) is 3.82. The summed E-state index contributed by atoms with van der Waals surface area (Å²) < 4.78 is 8.92. The van der Waals surface area contributed by atoms with Crippen molar-refractivity contribution >= 4 is 38.9 Å². The van der Waals surface area contributed by atoms with Crippen molar-refractivity contribution in [3.8, 4) is 39.4 Å². The summed E-state index contributed by atoms with van der Waals surface area (Å²) >= 11 is 0. The topological polar surface area (TPSA) is 17.4 Å². The highest BCUT2D eigenvalue weighted by molar-refractivity contribution is 6.14. The smallest absolute Gasteiger partial charge is 0.151 e. The molecule has 2 aliphatic carbocycles. The van der Waals surface area contributed by atoms with Crippen LogP contribution in [0.5, 0.6) is 11.5 Å². The minimum atomic E-state index is -0.468. The van der Waals surface area contributed by atoms with Crippen molar-refractivity contribution in [3.63, 3.8) is 0 Å². The number of anilines is 3. The molecule has 3 nitrogen and oxygen atoms in total. The summed E-state index contributed by atoms with van der Waals surface area (Å²) in [6.45, 7) is 0. The normalized spacial score (nSPS) is 14.0. The molecule has 0 saturated carbocycles. The Morgan fingerprint density at radius 3 is 1.62 bits per heavy atom. The molecule has 0 N–H and O–H groups in total. The van der Waals surface area contributed by atoms with Crippen LogP contribution in [-0.2, 0) is 5.41 Å². The van der Waals surface area contributed by atoms with Crippen molar-refractivity contribution in [2.45, 2.75) is 5.41 Å². The number of hydrogen-bond acceptors (Lipinski definition) is 2. The lowest BCUT2D eigenvalue weighted by Crippen LogP contribution is -2.26. The Bertz CT molecular complexity index is 2860. The van der Waals surface area contributed by atoms with E-state index < -0.39 is 5.41 Å². The van der Waals surface area contributed by atoms with Gasteiger partial charge in [-0.3, -0.25) is 0 Å². The Morgan fingerprint density at radius 1 is 0.404 bits per heavy atom. The second-order valence-corrected chi connectivity index (χ2v) is 14.0. The fourth-order valence-corrected chi connectivity index (χ4v) is 9.66. The third kappa shape index (κ3) is 3.40. The third-order valence-corrected chi connectivity index (χ3v) is 11.6. The zero-order chi connectivity index (χ0) is 34.0. The van der Waals surface area contributed by atoms with Gasteiger partial charge in [0.05, 0.1) is 27.8 Å². The van der Waals surface area contributed by atoms with Crippen molar-refractivity contribution in [2.75, 3.05) is 4.90 Å². The van der Waals surface area contributed by atoms with Crippen molar-refractivity contribution in [1.29, 1.82) is 0 Å². The fraction of sp³-hybridized carbons (Fsp3) is 0.0204. The lowest BCUT2D eigenvalue weighted by atomic mass is 9.70. The Morgan fingerprint density at radius 2 is 0.942 bits per heavy atom. The number of fused-ring (bicyclic) bond motifs is 16. The van der Waals surface area contributed by atoms with E-state index in [0.29, 0.717) is 0 Å². The summed E-state index contributed by atoms with van der Waals surface area (Å²) in [5, 5.41) is 2.51. The van der Waals surface area contributed by atoms with E-state index in [0.717, 1.165) is 34.2 Å². The first kappa shape index (κ1) is 27.9. The van der Waals surface area contributed by atoms with Crippen molar-refractivity contribution in [1.82, 2.24) is 4.57 Å². The van der Waals surface area contributed by atoms with Crippen LogP contribution in [0.3, 0.4) is 0 Å². The van der Waals surface area contributed by atoms with E-state index in [9.17, 15) is 0 Å². The predicted octanol–water partition coefficient (Wildman–Crippen LogP) is 12.7. The Balaban J connectivity index is 1.21.